The molecule has 3 heterocycles. The van der Waals surface area contributed by atoms with Gasteiger partial charge in [0.1, 0.15) is 0 Å². The predicted molar refractivity (Wildman–Crippen MR) is 208 cm³/mol. The maximum absolute atomic E-state index is 10.7. The van der Waals surface area contributed by atoms with Gasteiger partial charge in [-0.15, -0.1) is 0 Å². The highest BCUT2D eigenvalue weighted by atomic mass is 15.0. The fourth-order valence-corrected chi connectivity index (χ4v) is 7.49. The van der Waals surface area contributed by atoms with E-state index in [1.165, 1.54) is 11.1 Å². The lowest BCUT2D eigenvalue weighted by Crippen LogP contribution is -2.12. The fraction of sp³-hybridized carbons (Fsp3) is 0.222. The van der Waals surface area contributed by atoms with Crippen LogP contribution < -0.4 is 0 Å². The number of benzene rings is 5. The number of nitrogens with zero attached hydrogens (tertiary/aromatic N) is 5. The Bertz CT molecular complexity index is 2530. The number of aryl methyl sites for hydroxylation is 2. The molecule has 0 aliphatic rings. The zero-order chi connectivity index (χ0) is 35.1. The number of fused-ring (bicyclic) bond motifs is 6. The lowest BCUT2D eigenvalue weighted by Gasteiger charge is -2.22. The van der Waals surface area contributed by atoms with E-state index < -0.39 is 0 Å². The van der Waals surface area contributed by atoms with Crippen LogP contribution in [0.5, 0.6) is 0 Å². The molecule has 0 fully saturated rings. The van der Waals surface area contributed by atoms with E-state index in [4.69, 9.17) is 9.97 Å². The molecule has 0 radical (unpaired) electrons. The van der Waals surface area contributed by atoms with Crippen molar-refractivity contribution in [2.45, 2.75) is 66.2 Å². The number of nitriles is 1. The average molecular weight is 652 g/mol. The topological polar surface area (TPSA) is 59.4 Å². The number of hydrogen-bond acceptors (Lipinski definition) is 3. The van der Waals surface area contributed by atoms with Crippen LogP contribution in [0, 0.1) is 25.2 Å². The molecule has 5 heteroatoms. The summed E-state index contributed by atoms with van der Waals surface area (Å²) in [6.07, 6.45) is 0. The summed E-state index contributed by atoms with van der Waals surface area (Å²) >= 11 is 0. The second-order valence-electron chi connectivity index (χ2n) is 15.6. The van der Waals surface area contributed by atoms with Crippen LogP contribution in [0.4, 0.5) is 0 Å². The summed E-state index contributed by atoms with van der Waals surface area (Å²) in [5.41, 5.74) is 11.7. The molecule has 50 heavy (non-hydrogen) atoms. The molecular formula is C45H41N5. The molecule has 8 aromatic rings. The van der Waals surface area contributed by atoms with E-state index in [2.05, 4.69) is 142 Å². The first-order valence-corrected chi connectivity index (χ1v) is 17.3. The van der Waals surface area contributed by atoms with Crippen LogP contribution >= 0.6 is 0 Å². The van der Waals surface area contributed by atoms with E-state index >= 15 is 0 Å². The first-order chi connectivity index (χ1) is 23.8. The first-order valence-electron chi connectivity index (χ1n) is 17.3. The number of para-hydroxylation sites is 2. The highest BCUT2D eigenvalue weighted by molar-refractivity contribution is 6.12. The van der Waals surface area contributed by atoms with Crippen LogP contribution in [-0.4, -0.2) is 19.1 Å². The third kappa shape index (κ3) is 4.98. The Balaban J connectivity index is 1.61. The van der Waals surface area contributed by atoms with Crippen molar-refractivity contribution in [1.82, 2.24) is 19.1 Å². The summed E-state index contributed by atoms with van der Waals surface area (Å²) in [6, 6.07) is 39.3. The highest BCUT2D eigenvalue weighted by Gasteiger charge is 2.26. The normalized spacial score (nSPS) is 12.4. The average Bonchev–Trinajstić information content (AvgIpc) is 3.58. The van der Waals surface area contributed by atoms with Crippen molar-refractivity contribution in [2.75, 3.05) is 0 Å². The van der Waals surface area contributed by atoms with Gasteiger partial charge in [-0.1, -0.05) is 102 Å². The van der Waals surface area contributed by atoms with Crippen molar-refractivity contribution >= 4 is 43.6 Å². The Labute approximate surface area is 293 Å². The molecular weight excluding hydrogens is 611 g/mol. The molecule has 5 nitrogen and oxygen atoms in total. The fourth-order valence-electron chi connectivity index (χ4n) is 7.49. The van der Waals surface area contributed by atoms with Crippen molar-refractivity contribution < 1.29 is 0 Å². The summed E-state index contributed by atoms with van der Waals surface area (Å²) in [7, 11) is 0. The summed E-state index contributed by atoms with van der Waals surface area (Å²) in [5, 5.41) is 15.3. The van der Waals surface area contributed by atoms with Gasteiger partial charge in [-0.25, -0.2) is 9.97 Å². The Morgan fingerprint density at radius 2 is 0.940 bits per heavy atom. The van der Waals surface area contributed by atoms with Crippen LogP contribution in [0.2, 0.25) is 0 Å². The maximum atomic E-state index is 10.7. The molecule has 0 saturated heterocycles. The van der Waals surface area contributed by atoms with Gasteiger partial charge in [0, 0.05) is 32.9 Å². The van der Waals surface area contributed by atoms with Crippen molar-refractivity contribution in [2.24, 2.45) is 0 Å². The van der Waals surface area contributed by atoms with Crippen molar-refractivity contribution in [3.63, 3.8) is 0 Å². The van der Waals surface area contributed by atoms with E-state index in [1.807, 2.05) is 32.0 Å². The smallest absolute Gasteiger partial charge is 0.163 e. The lowest BCUT2D eigenvalue weighted by molar-refractivity contribution is 0.590. The Hall–Kier alpha value is -5.73. The number of aromatic nitrogens is 4. The van der Waals surface area contributed by atoms with Crippen LogP contribution in [0.3, 0.4) is 0 Å². The quantitative estimate of drug-likeness (QED) is 0.191. The van der Waals surface area contributed by atoms with Gasteiger partial charge < -0.3 is 9.13 Å². The van der Waals surface area contributed by atoms with Gasteiger partial charge in [-0.05, 0) is 78.3 Å². The van der Waals surface area contributed by atoms with Crippen molar-refractivity contribution in [3.05, 3.63) is 131 Å². The molecule has 0 amide bonds. The second kappa shape index (κ2) is 11.1. The van der Waals surface area contributed by atoms with Crippen LogP contribution in [0.25, 0.3) is 66.4 Å². The van der Waals surface area contributed by atoms with E-state index in [0.29, 0.717) is 11.4 Å². The summed E-state index contributed by atoms with van der Waals surface area (Å²) in [4.78, 5) is 10.2. The predicted octanol–water partition coefficient (Wildman–Crippen LogP) is 11.4. The minimum absolute atomic E-state index is 0.0531. The molecule has 0 bridgehead atoms. The summed E-state index contributed by atoms with van der Waals surface area (Å²) < 4.78 is 4.66. The van der Waals surface area contributed by atoms with E-state index in [-0.39, 0.29) is 10.8 Å². The molecule has 246 valence electrons. The van der Waals surface area contributed by atoms with Crippen LogP contribution in [0.1, 0.15) is 69.6 Å². The molecule has 0 saturated carbocycles. The monoisotopic (exact) mass is 651 g/mol. The van der Waals surface area contributed by atoms with Gasteiger partial charge in [0.25, 0.3) is 0 Å². The van der Waals surface area contributed by atoms with Gasteiger partial charge >= 0.3 is 0 Å². The minimum atomic E-state index is -0.0531. The maximum Gasteiger partial charge on any atom is 0.163 e. The second-order valence-corrected chi connectivity index (χ2v) is 15.6. The lowest BCUT2D eigenvalue weighted by atomic mass is 9.86. The number of hydrogen-bond donors (Lipinski definition) is 0. The highest BCUT2D eigenvalue weighted by Crippen LogP contribution is 2.43. The molecule has 0 spiro atoms. The van der Waals surface area contributed by atoms with Gasteiger partial charge in [-0.3, -0.25) is 0 Å². The minimum Gasteiger partial charge on any atom is -0.308 e. The SMILES string of the molecule is Cc1cc(C)nc(-c2c(-n3c4ccccc4c4ccc(C(C)(C)C)cc43)cc(C#N)cc2-n2c3ccccc3c3ccc(C(C)(C)C)cc32)n1. The molecule has 0 N–H and O–H groups in total. The Kier molecular flexibility index (Phi) is 7.03. The first kappa shape index (κ1) is 31.5. The molecule has 0 unspecified atom stereocenters. The van der Waals surface area contributed by atoms with E-state index in [1.54, 1.807) is 0 Å². The summed E-state index contributed by atoms with van der Waals surface area (Å²) in [5.74, 6) is 0.632. The van der Waals surface area contributed by atoms with Crippen molar-refractivity contribution in [1.29, 1.82) is 5.26 Å². The molecule has 0 aliphatic heterocycles. The zero-order valence-electron chi connectivity index (χ0n) is 30.1. The standard InChI is InChI=1S/C45H41N5/c1-27-21-28(2)48-43(47-27)42-40(49-36-15-11-9-13-32(36)34-19-17-30(24-38(34)49)44(3,4)5)22-29(26-46)23-41(42)50-37-16-12-10-14-33(37)35-20-18-31(25-39(35)50)45(6,7)8/h9-25H,1-8H3. The van der Waals surface area contributed by atoms with Crippen molar-refractivity contribution in [3.8, 4) is 28.8 Å². The van der Waals surface area contributed by atoms with E-state index in [9.17, 15) is 5.26 Å². The Morgan fingerprint density at radius 3 is 1.36 bits per heavy atom. The summed E-state index contributed by atoms with van der Waals surface area (Å²) in [6.45, 7) is 17.5. The molecule has 5 aromatic carbocycles. The van der Waals surface area contributed by atoms with E-state index in [0.717, 1.165) is 71.9 Å². The number of rotatable bonds is 3. The molecule has 8 rings (SSSR count). The largest absolute Gasteiger partial charge is 0.308 e. The third-order valence-corrected chi connectivity index (χ3v) is 9.99. The van der Waals surface area contributed by atoms with Gasteiger partial charge in [-0.2, -0.15) is 5.26 Å². The van der Waals surface area contributed by atoms with Crippen LogP contribution in [0.15, 0.2) is 103 Å². The molecule has 0 aliphatic carbocycles. The molecule has 0 atom stereocenters. The van der Waals surface area contributed by atoms with Gasteiger partial charge in [0.15, 0.2) is 5.82 Å². The Morgan fingerprint density at radius 1 is 0.520 bits per heavy atom. The van der Waals surface area contributed by atoms with Gasteiger partial charge in [0.2, 0.25) is 0 Å². The van der Waals surface area contributed by atoms with Crippen LogP contribution in [-0.2, 0) is 10.8 Å². The van der Waals surface area contributed by atoms with Gasteiger partial charge in [0.05, 0.1) is 50.6 Å². The zero-order valence-corrected chi connectivity index (χ0v) is 30.1. The third-order valence-electron chi connectivity index (χ3n) is 9.99. The molecule has 3 aromatic heterocycles.